The summed E-state index contributed by atoms with van der Waals surface area (Å²) in [4.78, 5) is 14.2. The zero-order valence-corrected chi connectivity index (χ0v) is 14.8. The van der Waals surface area contributed by atoms with Crippen molar-refractivity contribution in [3.05, 3.63) is 59.7 Å². The van der Waals surface area contributed by atoms with Gasteiger partial charge < -0.3 is 14.7 Å². The molecule has 0 radical (unpaired) electrons. The van der Waals surface area contributed by atoms with Crippen molar-refractivity contribution in [2.45, 2.75) is 31.9 Å². The molecule has 2 aromatic carbocycles. The monoisotopic (exact) mass is 339 g/mol. The van der Waals surface area contributed by atoms with E-state index in [0.29, 0.717) is 12.2 Å². The van der Waals surface area contributed by atoms with Crippen molar-refractivity contribution in [3.8, 4) is 11.1 Å². The lowest BCUT2D eigenvalue weighted by molar-refractivity contribution is 0.0581. The van der Waals surface area contributed by atoms with Gasteiger partial charge in [0.05, 0.1) is 25.4 Å². The van der Waals surface area contributed by atoms with Gasteiger partial charge in [0, 0.05) is 12.6 Å². The number of ether oxygens (including phenoxy) is 1. The molecule has 0 aromatic heterocycles. The average molecular weight is 339 g/mol. The number of nitrogens with zero attached hydrogens (tertiary/aromatic N) is 1. The summed E-state index contributed by atoms with van der Waals surface area (Å²) < 4.78 is 5.24. The Morgan fingerprint density at radius 1 is 1.08 bits per heavy atom. The number of hydrogen-bond acceptors (Lipinski definition) is 3. The van der Waals surface area contributed by atoms with Gasteiger partial charge in [0.1, 0.15) is 0 Å². The van der Waals surface area contributed by atoms with Crippen molar-refractivity contribution in [2.75, 3.05) is 20.3 Å². The zero-order valence-electron chi connectivity index (χ0n) is 14.8. The van der Waals surface area contributed by atoms with E-state index in [9.17, 15) is 9.90 Å². The molecule has 25 heavy (non-hydrogen) atoms. The quantitative estimate of drug-likeness (QED) is 0.910. The number of benzene rings is 2. The molecule has 0 bridgehead atoms. The number of amides is 1. The van der Waals surface area contributed by atoms with Crippen LogP contribution in [0.3, 0.4) is 0 Å². The summed E-state index contributed by atoms with van der Waals surface area (Å²) in [6.45, 7) is 2.85. The van der Waals surface area contributed by atoms with Gasteiger partial charge in [-0.15, -0.1) is 0 Å². The third kappa shape index (κ3) is 3.91. The first kappa shape index (κ1) is 17.6. The van der Waals surface area contributed by atoms with Gasteiger partial charge in [-0.1, -0.05) is 49.7 Å². The van der Waals surface area contributed by atoms with E-state index in [-0.39, 0.29) is 18.6 Å². The number of aliphatic hydroxyl groups excluding tert-OH is 1. The summed E-state index contributed by atoms with van der Waals surface area (Å²) in [5.74, 6) is -0.0978. The molecule has 132 valence electrons. The van der Waals surface area contributed by atoms with Crippen LogP contribution in [0.1, 0.15) is 29.3 Å². The third-order valence-corrected chi connectivity index (χ3v) is 4.80. The van der Waals surface area contributed by atoms with Crippen molar-refractivity contribution in [1.29, 1.82) is 0 Å². The van der Waals surface area contributed by atoms with Crippen molar-refractivity contribution in [1.82, 2.24) is 4.90 Å². The lowest BCUT2D eigenvalue weighted by atomic mass is 10.0. The van der Waals surface area contributed by atoms with Gasteiger partial charge in [-0.05, 0) is 35.2 Å². The fraction of sp³-hybridized carbons (Fsp3) is 0.381. The van der Waals surface area contributed by atoms with Crippen LogP contribution in [-0.4, -0.2) is 48.3 Å². The number of likely N-dealkylation sites (N-methyl/N-ethyl adjacent to an activating group) is 1. The highest BCUT2D eigenvalue weighted by atomic mass is 16.5. The van der Waals surface area contributed by atoms with Gasteiger partial charge in [-0.3, -0.25) is 4.79 Å². The van der Waals surface area contributed by atoms with E-state index in [2.05, 4.69) is 31.2 Å². The SMILES string of the molecule is CCCc1ccc(-c2ccc(C(=O)N(C)[C@H]3COC[C@@H]3O)cc2)cc1. The average Bonchev–Trinajstić information content (AvgIpc) is 3.07. The molecule has 0 spiro atoms. The van der Waals surface area contributed by atoms with Crippen LogP contribution in [-0.2, 0) is 11.2 Å². The largest absolute Gasteiger partial charge is 0.388 e. The van der Waals surface area contributed by atoms with Gasteiger partial charge in [-0.2, -0.15) is 0 Å². The maximum Gasteiger partial charge on any atom is 0.254 e. The second kappa shape index (κ2) is 7.81. The Hall–Kier alpha value is -2.17. The summed E-state index contributed by atoms with van der Waals surface area (Å²) in [5, 5.41) is 9.89. The molecule has 0 aliphatic carbocycles. The number of carbonyl (C=O) groups excluding carboxylic acids is 1. The molecule has 2 atom stereocenters. The molecule has 4 heteroatoms. The van der Waals surface area contributed by atoms with Gasteiger partial charge in [-0.25, -0.2) is 0 Å². The normalized spacial score (nSPS) is 19.8. The minimum atomic E-state index is -0.616. The van der Waals surface area contributed by atoms with Crippen molar-refractivity contribution in [3.63, 3.8) is 0 Å². The van der Waals surface area contributed by atoms with Crippen LogP contribution in [0, 0.1) is 0 Å². The second-order valence-electron chi connectivity index (χ2n) is 6.61. The van der Waals surface area contributed by atoms with Gasteiger partial charge in [0.15, 0.2) is 0 Å². The standard InChI is InChI=1S/C21H25NO3/c1-3-4-15-5-7-16(8-6-15)17-9-11-18(12-10-17)21(24)22(2)19-13-25-14-20(19)23/h5-12,19-20,23H,3-4,13-14H2,1-2H3/t19-,20-/m0/s1. The van der Waals surface area contributed by atoms with Crippen LogP contribution in [0.2, 0.25) is 0 Å². The van der Waals surface area contributed by atoms with Gasteiger partial charge in [0.2, 0.25) is 0 Å². The van der Waals surface area contributed by atoms with Crippen LogP contribution in [0.15, 0.2) is 48.5 Å². The molecule has 1 heterocycles. The Labute approximate surface area is 149 Å². The van der Waals surface area contributed by atoms with Gasteiger partial charge >= 0.3 is 0 Å². The van der Waals surface area contributed by atoms with E-state index in [4.69, 9.17) is 4.74 Å². The summed E-state index contributed by atoms with van der Waals surface area (Å²) in [5.41, 5.74) is 4.20. The highest BCUT2D eigenvalue weighted by Gasteiger charge is 2.32. The minimum absolute atomic E-state index is 0.0978. The summed E-state index contributed by atoms with van der Waals surface area (Å²) in [6, 6.07) is 15.9. The predicted molar refractivity (Wildman–Crippen MR) is 98.6 cm³/mol. The Bertz CT molecular complexity index is 709. The number of rotatable bonds is 5. The molecule has 1 N–H and O–H groups in total. The highest BCUT2D eigenvalue weighted by molar-refractivity contribution is 5.94. The van der Waals surface area contributed by atoms with Crippen LogP contribution < -0.4 is 0 Å². The van der Waals surface area contributed by atoms with Crippen molar-refractivity contribution in [2.24, 2.45) is 0 Å². The van der Waals surface area contributed by atoms with Gasteiger partial charge in [0.25, 0.3) is 5.91 Å². The van der Waals surface area contributed by atoms with Crippen LogP contribution in [0.4, 0.5) is 0 Å². The maximum absolute atomic E-state index is 12.6. The molecule has 0 saturated carbocycles. The molecule has 1 saturated heterocycles. The number of carbonyl (C=O) groups is 1. The van der Waals surface area contributed by atoms with E-state index < -0.39 is 6.10 Å². The van der Waals surface area contributed by atoms with E-state index in [1.807, 2.05) is 24.3 Å². The summed E-state index contributed by atoms with van der Waals surface area (Å²) in [7, 11) is 1.71. The number of aryl methyl sites for hydroxylation is 1. The van der Waals surface area contributed by atoms with E-state index in [1.165, 1.54) is 5.56 Å². The summed E-state index contributed by atoms with van der Waals surface area (Å²) in [6.07, 6.45) is 1.62. The van der Waals surface area contributed by atoms with Crippen molar-refractivity contribution >= 4 is 5.91 Å². The van der Waals surface area contributed by atoms with Crippen molar-refractivity contribution < 1.29 is 14.6 Å². The topological polar surface area (TPSA) is 49.8 Å². The lowest BCUT2D eigenvalue weighted by Crippen LogP contribution is -2.44. The number of aliphatic hydroxyl groups is 1. The third-order valence-electron chi connectivity index (χ3n) is 4.80. The molecule has 1 fully saturated rings. The van der Waals surface area contributed by atoms with Crippen LogP contribution >= 0.6 is 0 Å². The Morgan fingerprint density at radius 3 is 2.20 bits per heavy atom. The first-order chi connectivity index (χ1) is 12.1. The lowest BCUT2D eigenvalue weighted by Gasteiger charge is -2.25. The first-order valence-corrected chi connectivity index (χ1v) is 8.82. The van der Waals surface area contributed by atoms with E-state index >= 15 is 0 Å². The van der Waals surface area contributed by atoms with Crippen LogP contribution in [0.25, 0.3) is 11.1 Å². The van der Waals surface area contributed by atoms with Crippen LogP contribution in [0.5, 0.6) is 0 Å². The molecular weight excluding hydrogens is 314 g/mol. The second-order valence-corrected chi connectivity index (χ2v) is 6.61. The molecular formula is C21H25NO3. The Balaban J connectivity index is 1.72. The fourth-order valence-electron chi connectivity index (χ4n) is 3.21. The smallest absolute Gasteiger partial charge is 0.254 e. The maximum atomic E-state index is 12.6. The molecule has 4 nitrogen and oxygen atoms in total. The molecule has 1 amide bonds. The van der Waals surface area contributed by atoms with E-state index in [1.54, 1.807) is 11.9 Å². The molecule has 1 aliphatic rings. The predicted octanol–water partition coefficient (Wildman–Crippen LogP) is 3.14. The fourth-order valence-corrected chi connectivity index (χ4v) is 3.21. The minimum Gasteiger partial charge on any atom is -0.388 e. The highest BCUT2D eigenvalue weighted by Crippen LogP contribution is 2.22. The zero-order chi connectivity index (χ0) is 17.8. The number of hydrogen-bond donors (Lipinski definition) is 1. The molecule has 2 aromatic rings. The first-order valence-electron chi connectivity index (χ1n) is 8.82. The Morgan fingerprint density at radius 2 is 1.68 bits per heavy atom. The van der Waals surface area contributed by atoms with E-state index in [0.717, 1.165) is 24.0 Å². The molecule has 3 rings (SSSR count). The molecule has 1 aliphatic heterocycles. The Kier molecular flexibility index (Phi) is 5.51. The molecule has 0 unspecified atom stereocenters. The summed E-state index contributed by atoms with van der Waals surface area (Å²) >= 11 is 0.